The average Bonchev–Trinajstić information content (AvgIpc) is 3.23. The molecule has 5 rings (SSSR count). The fourth-order valence-corrected chi connectivity index (χ4v) is 5.61. The molecule has 1 aromatic carbocycles. The molecule has 0 saturated carbocycles. The van der Waals surface area contributed by atoms with Gasteiger partial charge < -0.3 is 15.5 Å². The summed E-state index contributed by atoms with van der Waals surface area (Å²) in [6.45, 7) is 7.10. The van der Waals surface area contributed by atoms with E-state index in [0.717, 1.165) is 78.8 Å². The predicted octanol–water partition coefficient (Wildman–Crippen LogP) is 4.80. The highest BCUT2D eigenvalue weighted by atomic mass is 35.5. The van der Waals surface area contributed by atoms with Gasteiger partial charge in [-0.05, 0) is 44.4 Å². The Balaban J connectivity index is 1.56. The van der Waals surface area contributed by atoms with E-state index in [2.05, 4.69) is 32.8 Å². The van der Waals surface area contributed by atoms with Crippen LogP contribution in [0.1, 0.15) is 31.2 Å². The van der Waals surface area contributed by atoms with E-state index in [0.29, 0.717) is 22.6 Å². The van der Waals surface area contributed by atoms with Gasteiger partial charge >= 0.3 is 0 Å². The third-order valence-corrected chi connectivity index (χ3v) is 7.41. The van der Waals surface area contributed by atoms with Crippen LogP contribution < -0.4 is 15.5 Å². The first kappa shape index (κ1) is 24.7. The molecule has 3 aromatic heterocycles. The lowest BCUT2D eigenvalue weighted by atomic mass is 10.0. The van der Waals surface area contributed by atoms with Crippen molar-refractivity contribution in [1.82, 2.24) is 24.6 Å². The van der Waals surface area contributed by atoms with Gasteiger partial charge in [0.15, 0.2) is 5.65 Å². The zero-order chi connectivity index (χ0) is 25.2. The van der Waals surface area contributed by atoms with Gasteiger partial charge in [-0.15, -0.1) is 0 Å². The maximum absolute atomic E-state index is 6.61. The Morgan fingerprint density at radius 3 is 2.39 bits per heavy atom. The van der Waals surface area contributed by atoms with Crippen LogP contribution >= 0.6 is 23.2 Å². The van der Waals surface area contributed by atoms with Gasteiger partial charge in [0, 0.05) is 61.9 Å². The van der Waals surface area contributed by atoms with Crippen LogP contribution in [0.5, 0.6) is 0 Å². The van der Waals surface area contributed by atoms with E-state index in [-0.39, 0.29) is 0 Å². The Labute approximate surface area is 221 Å². The van der Waals surface area contributed by atoms with Crippen LogP contribution in [-0.2, 0) is 6.42 Å². The van der Waals surface area contributed by atoms with Crippen LogP contribution in [0.15, 0.2) is 42.7 Å². The first-order valence-corrected chi connectivity index (χ1v) is 13.1. The molecule has 36 heavy (non-hydrogen) atoms. The van der Waals surface area contributed by atoms with Crippen LogP contribution in [0.4, 0.5) is 11.8 Å². The van der Waals surface area contributed by atoms with Gasteiger partial charge in [0.05, 0.1) is 21.3 Å². The SMILES string of the molecule is CCc1cc(N(CCN)C2CCN(c3ncccn3)CC2)n2nc(C)c(-c3c(Cl)cccc3Cl)c2n1. The van der Waals surface area contributed by atoms with Gasteiger partial charge in [0.1, 0.15) is 5.82 Å². The molecule has 4 aromatic rings. The van der Waals surface area contributed by atoms with Gasteiger partial charge in [-0.3, -0.25) is 0 Å². The lowest BCUT2D eigenvalue weighted by Gasteiger charge is -2.39. The number of piperidine rings is 1. The summed E-state index contributed by atoms with van der Waals surface area (Å²) in [6.07, 6.45) is 6.31. The number of nitrogens with zero attached hydrogens (tertiary/aromatic N) is 7. The summed E-state index contributed by atoms with van der Waals surface area (Å²) in [5.74, 6) is 1.78. The normalized spacial score (nSPS) is 14.5. The average molecular weight is 525 g/mol. The monoisotopic (exact) mass is 524 g/mol. The van der Waals surface area contributed by atoms with E-state index in [9.17, 15) is 0 Å². The van der Waals surface area contributed by atoms with Gasteiger partial charge in [-0.1, -0.05) is 36.2 Å². The van der Waals surface area contributed by atoms with Crippen molar-refractivity contribution in [1.29, 1.82) is 0 Å². The number of fused-ring (bicyclic) bond motifs is 1. The highest BCUT2D eigenvalue weighted by molar-refractivity contribution is 6.39. The molecule has 2 N–H and O–H groups in total. The number of hydrogen-bond acceptors (Lipinski definition) is 7. The Kier molecular flexibility index (Phi) is 7.27. The lowest BCUT2D eigenvalue weighted by molar-refractivity contribution is 0.457. The van der Waals surface area contributed by atoms with Crippen molar-refractivity contribution in [2.45, 2.75) is 39.2 Å². The Morgan fingerprint density at radius 1 is 1.06 bits per heavy atom. The van der Waals surface area contributed by atoms with Crippen LogP contribution in [0, 0.1) is 6.92 Å². The number of aromatic nitrogens is 5. The van der Waals surface area contributed by atoms with E-state index in [1.807, 2.05) is 35.7 Å². The number of nitrogens with two attached hydrogens (primary N) is 1. The molecule has 4 heterocycles. The number of anilines is 2. The van der Waals surface area contributed by atoms with Gasteiger partial charge in [-0.25, -0.2) is 15.0 Å². The second-order valence-corrected chi connectivity index (χ2v) is 9.82. The molecule has 0 amide bonds. The summed E-state index contributed by atoms with van der Waals surface area (Å²) in [5.41, 5.74) is 10.3. The lowest BCUT2D eigenvalue weighted by Crippen LogP contribution is -2.47. The second-order valence-electron chi connectivity index (χ2n) is 9.00. The molecule has 0 bridgehead atoms. The molecule has 8 nitrogen and oxygen atoms in total. The van der Waals surface area contributed by atoms with Crippen molar-refractivity contribution in [2.24, 2.45) is 5.73 Å². The highest BCUT2D eigenvalue weighted by Gasteiger charge is 2.29. The summed E-state index contributed by atoms with van der Waals surface area (Å²) >= 11 is 13.2. The quantitative estimate of drug-likeness (QED) is 0.371. The molecular weight excluding hydrogens is 495 g/mol. The smallest absolute Gasteiger partial charge is 0.225 e. The summed E-state index contributed by atoms with van der Waals surface area (Å²) in [5, 5.41) is 6.10. The van der Waals surface area contributed by atoms with Crippen LogP contribution in [-0.4, -0.2) is 56.8 Å². The third kappa shape index (κ3) is 4.61. The molecular formula is C26H30Cl2N8. The fourth-order valence-electron chi connectivity index (χ4n) is 5.03. The van der Waals surface area contributed by atoms with Gasteiger partial charge in [0.25, 0.3) is 0 Å². The molecule has 0 unspecified atom stereocenters. The van der Waals surface area contributed by atoms with Gasteiger partial charge in [-0.2, -0.15) is 9.61 Å². The first-order chi connectivity index (χ1) is 17.5. The number of aryl methyl sites for hydroxylation is 2. The molecule has 1 fully saturated rings. The van der Waals surface area contributed by atoms with Crippen molar-refractivity contribution in [3.63, 3.8) is 0 Å². The number of benzene rings is 1. The summed E-state index contributed by atoms with van der Waals surface area (Å²) in [6, 6.07) is 9.83. The molecule has 1 aliphatic rings. The second kappa shape index (κ2) is 10.6. The predicted molar refractivity (Wildman–Crippen MR) is 146 cm³/mol. The minimum absolute atomic E-state index is 0.306. The van der Waals surface area contributed by atoms with Crippen LogP contribution in [0.2, 0.25) is 10.0 Å². The molecule has 0 spiro atoms. The van der Waals surface area contributed by atoms with E-state index >= 15 is 0 Å². The Hall–Kier alpha value is -2.94. The maximum atomic E-state index is 6.61. The molecule has 0 radical (unpaired) electrons. The van der Waals surface area contributed by atoms with Crippen molar-refractivity contribution in [3.8, 4) is 11.1 Å². The molecule has 1 aliphatic heterocycles. The van der Waals surface area contributed by atoms with Gasteiger partial charge in [0.2, 0.25) is 5.95 Å². The van der Waals surface area contributed by atoms with E-state index in [1.165, 1.54) is 0 Å². The largest absolute Gasteiger partial charge is 0.352 e. The minimum atomic E-state index is 0.306. The van der Waals surface area contributed by atoms with Crippen molar-refractivity contribution in [3.05, 3.63) is 64.2 Å². The zero-order valence-corrected chi connectivity index (χ0v) is 22.0. The summed E-state index contributed by atoms with van der Waals surface area (Å²) in [7, 11) is 0. The molecule has 1 saturated heterocycles. The van der Waals surface area contributed by atoms with Crippen LogP contribution in [0.3, 0.4) is 0 Å². The molecule has 0 atom stereocenters. The molecule has 10 heteroatoms. The topological polar surface area (TPSA) is 88.5 Å². The fraction of sp³-hybridized carbons (Fsp3) is 0.385. The number of rotatable bonds is 7. The van der Waals surface area contributed by atoms with Crippen LogP contribution in [0.25, 0.3) is 16.8 Å². The van der Waals surface area contributed by atoms with Crippen molar-refractivity contribution < 1.29 is 0 Å². The Bertz CT molecular complexity index is 1330. The molecule has 188 valence electrons. The molecule has 0 aliphatic carbocycles. The van der Waals surface area contributed by atoms with Crippen molar-refractivity contribution in [2.75, 3.05) is 36.0 Å². The highest BCUT2D eigenvalue weighted by Crippen LogP contribution is 2.39. The van der Waals surface area contributed by atoms with E-state index in [4.69, 9.17) is 39.0 Å². The van der Waals surface area contributed by atoms with E-state index < -0.39 is 0 Å². The van der Waals surface area contributed by atoms with Crippen molar-refractivity contribution >= 4 is 40.6 Å². The first-order valence-electron chi connectivity index (χ1n) is 12.3. The minimum Gasteiger partial charge on any atom is -0.352 e. The third-order valence-electron chi connectivity index (χ3n) is 6.78. The number of halogens is 2. The van der Waals surface area contributed by atoms with E-state index in [1.54, 1.807) is 12.4 Å². The summed E-state index contributed by atoms with van der Waals surface area (Å²) < 4.78 is 1.94. The number of hydrogen-bond donors (Lipinski definition) is 1. The maximum Gasteiger partial charge on any atom is 0.225 e. The standard InChI is InChI=1S/C26H30Cl2N8/c1-3-18-16-22(35(15-10-29)19-8-13-34(14-9-19)26-30-11-5-12-31-26)36-25(32-18)23(17(2)33-36)24-20(27)6-4-7-21(24)28/h4-7,11-12,16,19H,3,8-10,13-15,29H2,1-2H3. The summed E-state index contributed by atoms with van der Waals surface area (Å²) in [4.78, 5) is 18.5. The zero-order valence-electron chi connectivity index (χ0n) is 20.5. The Morgan fingerprint density at radius 2 is 1.75 bits per heavy atom.